The lowest BCUT2D eigenvalue weighted by Gasteiger charge is -2.32. The van der Waals surface area contributed by atoms with Crippen LogP contribution in [0.15, 0.2) is 5.16 Å². The van der Waals surface area contributed by atoms with Crippen molar-refractivity contribution in [2.75, 3.05) is 0 Å². The summed E-state index contributed by atoms with van der Waals surface area (Å²) in [6.45, 7) is 4.02. The van der Waals surface area contributed by atoms with Gasteiger partial charge in [0.1, 0.15) is 5.41 Å². The molecule has 0 aromatic heterocycles. The Morgan fingerprint density at radius 1 is 1.32 bits per heavy atom. The first kappa shape index (κ1) is 15.8. The predicted octanol–water partition coefficient (Wildman–Crippen LogP) is 2.38. The number of rotatable bonds is 7. The third kappa shape index (κ3) is 3.61. The van der Waals surface area contributed by atoms with Crippen LogP contribution >= 0.6 is 0 Å². The van der Waals surface area contributed by atoms with E-state index in [4.69, 9.17) is 10.9 Å². The summed E-state index contributed by atoms with van der Waals surface area (Å²) in [5, 5.41) is 15.2. The Labute approximate surface area is 115 Å². The van der Waals surface area contributed by atoms with Crippen LogP contribution < -0.4 is 11.1 Å². The first-order chi connectivity index (χ1) is 9.10. The number of oxime groups is 1. The van der Waals surface area contributed by atoms with Crippen molar-refractivity contribution in [3.8, 4) is 0 Å². The zero-order chi connectivity index (χ0) is 14.3. The molecule has 0 bridgehead atoms. The van der Waals surface area contributed by atoms with E-state index in [0.29, 0.717) is 12.8 Å². The van der Waals surface area contributed by atoms with E-state index in [-0.39, 0.29) is 17.8 Å². The molecule has 0 aromatic carbocycles. The summed E-state index contributed by atoms with van der Waals surface area (Å²) in [6.07, 6.45) is 7.31. The highest BCUT2D eigenvalue weighted by Crippen LogP contribution is 2.32. The number of carbonyl (C=O) groups excluding carboxylic acids is 1. The highest BCUT2D eigenvalue weighted by Gasteiger charge is 2.42. The van der Waals surface area contributed by atoms with Crippen LogP contribution in [0.3, 0.4) is 0 Å². The van der Waals surface area contributed by atoms with Gasteiger partial charge in [0, 0.05) is 6.04 Å². The van der Waals surface area contributed by atoms with Crippen molar-refractivity contribution in [1.82, 2.24) is 5.32 Å². The summed E-state index contributed by atoms with van der Waals surface area (Å²) in [6, 6.07) is 0.257. The molecule has 1 rings (SSSR count). The Bertz CT molecular complexity index is 317. The number of nitrogens with one attached hydrogen (secondary N) is 1. The third-order valence-electron chi connectivity index (χ3n) is 4.08. The van der Waals surface area contributed by atoms with Crippen molar-refractivity contribution in [1.29, 1.82) is 0 Å². The number of nitrogens with zero attached hydrogens (tertiary/aromatic N) is 1. The van der Waals surface area contributed by atoms with Gasteiger partial charge < -0.3 is 16.3 Å². The highest BCUT2D eigenvalue weighted by atomic mass is 16.4. The Kier molecular flexibility index (Phi) is 6.12. The van der Waals surface area contributed by atoms with E-state index >= 15 is 0 Å². The number of amides is 1. The van der Waals surface area contributed by atoms with Gasteiger partial charge in [-0.2, -0.15) is 0 Å². The molecular formula is C14H27N3O2. The van der Waals surface area contributed by atoms with Crippen LogP contribution in [0.25, 0.3) is 0 Å². The lowest BCUT2D eigenvalue weighted by molar-refractivity contribution is -0.129. The fourth-order valence-corrected chi connectivity index (χ4v) is 3.07. The maximum Gasteiger partial charge on any atom is 0.234 e. The van der Waals surface area contributed by atoms with Gasteiger partial charge in [0.25, 0.3) is 0 Å². The number of hydrogen-bond acceptors (Lipinski definition) is 3. The van der Waals surface area contributed by atoms with Crippen LogP contribution in [-0.2, 0) is 4.79 Å². The molecule has 0 aromatic rings. The Balaban J connectivity index is 2.88. The van der Waals surface area contributed by atoms with Gasteiger partial charge in [0.15, 0.2) is 5.84 Å². The molecule has 0 radical (unpaired) electrons. The van der Waals surface area contributed by atoms with E-state index in [1.54, 1.807) is 0 Å². The molecule has 1 fully saturated rings. The van der Waals surface area contributed by atoms with Gasteiger partial charge in [-0.3, -0.25) is 4.79 Å². The van der Waals surface area contributed by atoms with Crippen molar-refractivity contribution in [3.05, 3.63) is 0 Å². The van der Waals surface area contributed by atoms with Gasteiger partial charge in [0.2, 0.25) is 5.91 Å². The molecule has 0 atom stereocenters. The average molecular weight is 269 g/mol. The second kappa shape index (κ2) is 7.36. The average Bonchev–Trinajstić information content (AvgIpc) is 2.90. The molecule has 0 aliphatic heterocycles. The zero-order valence-electron chi connectivity index (χ0n) is 12.1. The van der Waals surface area contributed by atoms with Crippen LogP contribution in [-0.4, -0.2) is 23.0 Å². The van der Waals surface area contributed by atoms with Gasteiger partial charge in [-0.1, -0.05) is 44.7 Å². The zero-order valence-corrected chi connectivity index (χ0v) is 12.1. The Morgan fingerprint density at radius 3 is 2.26 bits per heavy atom. The molecule has 0 unspecified atom stereocenters. The summed E-state index contributed by atoms with van der Waals surface area (Å²) >= 11 is 0. The van der Waals surface area contributed by atoms with Crippen LogP contribution in [0.2, 0.25) is 0 Å². The molecule has 1 saturated carbocycles. The van der Waals surface area contributed by atoms with Crippen molar-refractivity contribution < 1.29 is 10.0 Å². The molecule has 1 amide bonds. The Morgan fingerprint density at radius 2 is 1.84 bits per heavy atom. The largest absolute Gasteiger partial charge is 0.409 e. The van der Waals surface area contributed by atoms with Crippen molar-refractivity contribution in [3.63, 3.8) is 0 Å². The van der Waals surface area contributed by atoms with Crippen molar-refractivity contribution >= 4 is 11.7 Å². The smallest absolute Gasteiger partial charge is 0.234 e. The molecule has 0 spiro atoms. The van der Waals surface area contributed by atoms with Crippen LogP contribution in [0.4, 0.5) is 0 Å². The molecule has 0 saturated heterocycles. The SMILES string of the molecule is CCCC(CCC)(C(=O)NC1CCCC1)C(N)=NO. The van der Waals surface area contributed by atoms with Crippen LogP contribution in [0.1, 0.15) is 65.2 Å². The fourth-order valence-electron chi connectivity index (χ4n) is 3.07. The number of carbonyl (C=O) groups is 1. The molecule has 110 valence electrons. The quantitative estimate of drug-likeness (QED) is 0.287. The van der Waals surface area contributed by atoms with Crippen LogP contribution in [0, 0.1) is 5.41 Å². The Hall–Kier alpha value is -1.26. The molecular weight excluding hydrogens is 242 g/mol. The first-order valence-electron chi connectivity index (χ1n) is 7.39. The maximum absolute atomic E-state index is 12.6. The molecule has 0 heterocycles. The van der Waals surface area contributed by atoms with E-state index in [0.717, 1.165) is 25.7 Å². The minimum absolute atomic E-state index is 0.0479. The summed E-state index contributed by atoms with van der Waals surface area (Å²) < 4.78 is 0. The second-order valence-electron chi connectivity index (χ2n) is 5.52. The predicted molar refractivity (Wildman–Crippen MR) is 76.1 cm³/mol. The standard InChI is InChI=1S/C14H27N3O2/c1-3-9-14(10-4-2,12(15)17-19)13(18)16-11-7-5-6-8-11/h11,19H,3-10H2,1-2H3,(H2,15,17)(H,16,18). The topological polar surface area (TPSA) is 87.7 Å². The number of amidine groups is 1. The summed E-state index contributed by atoms with van der Waals surface area (Å²) in [5.41, 5.74) is 4.99. The normalized spacial score (nSPS) is 17.7. The molecule has 5 nitrogen and oxygen atoms in total. The van der Waals surface area contributed by atoms with Crippen LogP contribution in [0.5, 0.6) is 0 Å². The van der Waals surface area contributed by atoms with E-state index in [1.165, 1.54) is 12.8 Å². The van der Waals surface area contributed by atoms with Gasteiger partial charge in [-0.25, -0.2) is 0 Å². The lowest BCUT2D eigenvalue weighted by atomic mass is 9.77. The molecule has 1 aliphatic rings. The van der Waals surface area contributed by atoms with E-state index in [1.807, 2.05) is 13.8 Å². The molecule has 19 heavy (non-hydrogen) atoms. The molecule has 1 aliphatic carbocycles. The first-order valence-corrected chi connectivity index (χ1v) is 7.39. The third-order valence-corrected chi connectivity index (χ3v) is 4.08. The van der Waals surface area contributed by atoms with Gasteiger partial charge in [-0.15, -0.1) is 0 Å². The van der Waals surface area contributed by atoms with E-state index in [2.05, 4.69) is 10.5 Å². The second-order valence-corrected chi connectivity index (χ2v) is 5.52. The van der Waals surface area contributed by atoms with Gasteiger partial charge in [-0.05, 0) is 25.7 Å². The van der Waals surface area contributed by atoms with E-state index in [9.17, 15) is 4.79 Å². The lowest BCUT2D eigenvalue weighted by Crippen LogP contribution is -2.52. The van der Waals surface area contributed by atoms with Gasteiger partial charge in [0.05, 0.1) is 0 Å². The van der Waals surface area contributed by atoms with E-state index < -0.39 is 5.41 Å². The van der Waals surface area contributed by atoms with Crippen molar-refractivity contribution in [2.45, 2.75) is 71.3 Å². The maximum atomic E-state index is 12.6. The minimum Gasteiger partial charge on any atom is -0.409 e. The number of hydrogen-bond donors (Lipinski definition) is 3. The fraction of sp³-hybridized carbons (Fsp3) is 0.857. The summed E-state index contributed by atoms with van der Waals surface area (Å²) in [5.74, 6) is -0.0231. The summed E-state index contributed by atoms with van der Waals surface area (Å²) in [4.78, 5) is 12.6. The highest BCUT2D eigenvalue weighted by molar-refractivity contribution is 6.06. The monoisotopic (exact) mass is 269 g/mol. The van der Waals surface area contributed by atoms with Gasteiger partial charge >= 0.3 is 0 Å². The summed E-state index contributed by atoms with van der Waals surface area (Å²) in [7, 11) is 0. The van der Waals surface area contributed by atoms with Crippen molar-refractivity contribution in [2.24, 2.45) is 16.3 Å². The minimum atomic E-state index is -0.846. The molecule has 4 N–H and O–H groups in total. The number of nitrogens with two attached hydrogens (primary N) is 1. The molecule has 5 heteroatoms.